The predicted octanol–water partition coefficient (Wildman–Crippen LogP) is 2.06. The van der Waals surface area contributed by atoms with Crippen molar-refractivity contribution in [1.82, 2.24) is 19.8 Å². The molecule has 0 radical (unpaired) electrons. The van der Waals surface area contributed by atoms with Gasteiger partial charge in [-0.3, -0.25) is 4.79 Å². The van der Waals surface area contributed by atoms with Crippen molar-refractivity contribution in [3.05, 3.63) is 18.1 Å². The van der Waals surface area contributed by atoms with Crippen LogP contribution in [0, 0.1) is 11.8 Å². The zero-order valence-electron chi connectivity index (χ0n) is 16.5. The minimum Gasteiger partial charge on any atom is -0.363 e. The number of hydrogen-bond donors (Lipinski definition) is 0. The minimum atomic E-state index is 0.257. The lowest BCUT2D eigenvalue weighted by Gasteiger charge is -2.30. The molecular weight excluding hydrogens is 326 g/mol. The Labute approximate surface area is 157 Å². The largest absolute Gasteiger partial charge is 0.363 e. The highest BCUT2D eigenvalue weighted by molar-refractivity contribution is 5.79. The third-order valence-electron chi connectivity index (χ3n) is 5.73. The van der Waals surface area contributed by atoms with E-state index in [0.29, 0.717) is 11.8 Å². The van der Waals surface area contributed by atoms with Crippen LogP contribution in [0.3, 0.4) is 0 Å². The van der Waals surface area contributed by atoms with Gasteiger partial charge in [0, 0.05) is 58.0 Å². The number of carbonyl (C=O) groups is 1. The number of amides is 1. The first-order valence-corrected chi connectivity index (χ1v) is 9.98. The Bertz CT molecular complexity index is 600. The lowest BCUT2D eigenvalue weighted by atomic mass is 9.88. The second-order valence-corrected chi connectivity index (χ2v) is 8.21. The van der Waals surface area contributed by atoms with E-state index in [1.165, 1.54) is 19.3 Å². The fourth-order valence-corrected chi connectivity index (χ4v) is 4.26. The molecule has 1 saturated heterocycles. The van der Waals surface area contributed by atoms with Crippen LogP contribution in [-0.4, -0.2) is 73.0 Å². The van der Waals surface area contributed by atoms with Gasteiger partial charge in [-0.1, -0.05) is 19.3 Å². The molecule has 1 aromatic rings. The van der Waals surface area contributed by atoms with E-state index >= 15 is 0 Å². The molecule has 2 fully saturated rings. The molecule has 1 aliphatic carbocycles. The maximum Gasteiger partial charge on any atom is 0.225 e. The molecule has 0 spiro atoms. The minimum absolute atomic E-state index is 0.257. The summed E-state index contributed by atoms with van der Waals surface area (Å²) >= 11 is 0. The fraction of sp³-hybridized carbons (Fsp3) is 0.750. The van der Waals surface area contributed by atoms with Crippen LogP contribution in [0.2, 0.25) is 0 Å². The van der Waals surface area contributed by atoms with E-state index in [2.05, 4.69) is 32.9 Å². The van der Waals surface area contributed by atoms with Gasteiger partial charge in [0.15, 0.2) is 0 Å². The standard InChI is InChI=1S/C20H33N5O/c1-23(2)19-12-18(21-15-22-19)11-16-13-24(3)9-10-25(14-16)20(26)17-7-5-4-6-8-17/h12,15-17H,4-11,13-14H2,1-3H3/t16-/m1/s1. The molecule has 1 aliphatic heterocycles. The molecule has 0 unspecified atom stereocenters. The van der Waals surface area contributed by atoms with Crippen LogP contribution in [0.4, 0.5) is 5.82 Å². The van der Waals surface area contributed by atoms with E-state index in [9.17, 15) is 4.79 Å². The molecule has 26 heavy (non-hydrogen) atoms. The quantitative estimate of drug-likeness (QED) is 0.824. The summed E-state index contributed by atoms with van der Waals surface area (Å²) in [7, 11) is 6.15. The smallest absolute Gasteiger partial charge is 0.225 e. The highest BCUT2D eigenvalue weighted by Gasteiger charge is 2.30. The van der Waals surface area contributed by atoms with Crippen molar-refractivity contribution >= 4 is 11.7 Å². The van der Waals surface area contributed by atoms with Gasteiger partial charge in [-0.05, 0) is 32.2 Å². The number of anilines is 1. The lowest BCUT2D eigenvalue weighted by Crippen LogP contribution is -2.41. The summed E-state index contributed by atoms with van der Waals surface area (Å²) in [6, 6.07) is 2.07. The number of rotatable bonds is 4. The van der Waals surface area contributed by atoms with Crippen LogP contribution >= 0.6 is 0 Å². The third-order valence-corrected chi connectivity index (χ3v) is 5.73. The van der Waals surface area contributed by atoms with Crippen LogP contribution in [0.5, 0.6) is 0 Å². The van der Waals surface area contributed by atoms with Crippen LogP contribution in [0.15, 0.2) is 12.4 Å². The van der Waals surface area contributed by atoms with Crippen LogP contribution in [0.1, 0.15) is 37.8 Å². The van der Waals surface area contributed by atoms with Crippen molar-refractivity contribution in [3.8, 4) is 0 Å². The molecule has 2 heterocycles. The van der Waals surface area contributed by atoms with Crippen molar-refractivity contribution in [2.75, 3.05) is 52.2 Å². The molecule has 1 saturated carbocycles. The average molecular weight is 360 g/mol. The van der Waals surface area contributed by atoms with Crippen molar-refractivity contribution in [2.24, 2.45) is 11.8 Å². The van der Waals surface area contributed by atoms with Crippen LogP contribution in [0.25, 0.3) is 0 Å². The Morgan fingerprint density at radius 3 is 2.65 bits per heavy atom. The van der Waals surface area contributed by atoms with Gasteiger partial charge in [0.25, 0.3) is 0 Å². The van der Waals surface area contributed by atoms with E-state index in [-0.39, 0.29) is 5.92 Å². The van der Waals surface area contributed by atoms with Crippen LogP contribution in [-0.2, 0) is 11.2 Å². The maximum absolute atomic E-state index is 13.0. The number of hydrogen-bond acceptors (Lipinski definition) is 5. The molecule has 0 N–H and O–H groups in total. The van der Waals surface area contributed by atoms with Crippen molar-refractivity contribution < 1.29 is 4.79 Å². The predicted molar refractivity (Wildman–Crippen MR) is 104 cm³/mol. The van der Waals surface area contributed by atoms with Crippen molar-refractivity contribution in [1.29, 1.82) is 0 Å². The first-order valence-electron chi connectivity index (χ1n) is 9.98. The fourth-order valence-electron chi connectivity index (χ4n) is 4.26. The normalized spacial score (nSPS) is 22.9. The van der Waals surface area contributed by atoms with Crippen molar-refractivity contribution in [2.45, 2.75) is 38.5 Å². The summed E-state index contributed by atoms with van der Waals surface area (Å²) in [5.74, 6) is 2.00. The average Bonchev–Trinajstić information content (AvgIpc) is 2.83. The van der Waals surface area contributed by atoms with Gasteiger partial charge in [-0.15, -0.1) is 0 Å². The Morgan fingerprint density at radius 2 is 1.92 bits per heavy atom. The van der Waals surface area contributed by atoms with E-state index in [1.54, 1.807) is 6.33 Å². The van der Waals surface area contributed by atoms with Gasteiger partial charge in [0.1, 0.15) is 12.1 Å². The second kappa shape index (κ2) is 8.80. The van der Waals surface area contributed by atoms with Gasteiger partial charge >= 0.3 is 0 Å². The summed E-state index contributed by atoms with van der Waals surface area (Å²) in [5, 5.41) is 0. The SMILES string of the molecule is CN1CCN(C(=O)C2CCCCC2)C[C@H](Cc2cc(N(C)C)ncn2)C1. The first-order chi connectivity index (χ1) is 12.5. The summed E-state index contributed by atoms with van der Waals surface area (Å²) in [5.41, 5.74) is 1.06. The highest BCUT2D eigenvalue weighted by Crippen LogP contribution is 2.26. The topological polar surface area (TPSA) is 52.6 Å². The summed E-state index contributed by atoms with van der Waals surface area (Å²) in [6.07, 6.45) is 8.40. The maximum atomic E-state index is 13.0. The second-order valence-electron chi connectivity index (χ2n) is 8.21. The highest BCUT2D eigenvalue weighted by atomic mass is 16.2. The molecule has 0 bridgehead atoms. The Balaban J connectivity index is 1.67. The zero-order valence-corrected chi connectivity index (χ0v) is 16.5. The molecule has 0 aromatic carbocycles. The Morgan fingerprint density at radius 1 is 1.15 bits per heavy atom. The van der Waals surface area contributed by atoms with E-state index in [1.807, 2.05) is 19.0 Å². The molecule has 6 heteroatoms. The van der Waals surface area contributed by atoms with E-state index in [0.717, 1.165) is 57.0 Å². The molecule has 1 amide bonds. The lowest BCUT2D eigenvalue weighted by molar-refractivity contribution is -0.136. The van der Waals surface area contributed by atoms with Gasteiger partial charge in [-0.2, -0.15) is 0 Å². The molecule has 2 aliphatic rings. The Hall–Kier alpha value is -1.69. The summed E-state index contributed by atoms with van der Waals surface area (Å²) in [6.45, 7) is 3.67. The molecule has 1 atom stereocenters. The molecule has 6 nitrogen and oxygen atoms in total. The zero-order chi connectivity index (χ0) is 18.5. The number of aromatic nitrogens is 2. The van der Waals surface area contributed by atoms with E-state index < -0.39 is 0 Å². The van der Waals surface area contributed by atoms with E-state index in [4.69, 9.17) is 0 Å². The number of carbonyl (C=O) groups excluding carboxylic acids is 1. The van der Waals surface area contributed by atoms with Gasteiger partial charge in [-0.25, -0.2) is 9.97 Å². The third kappa shape index (κ3) is 4.93. The van der Waals surface area contributed by atoms with Crippen LogP contribution < -0.4 is 4.90 Å². The van der Waals surface area contributed by atoms with Gasteiger partial charge in [0.2, 0.25) is 5.91 Å². The molecule has 3 rings (SSSR count). The summed E-state index contributed by atoms with van der Waals surface area (Å²) < 4.78 is 0. The van der Waals surface area contributed by atoms with Gasteiger partial charge in [0.05, 0.1) is 0 Å². The number of likely N-dealkylation sites (N-methyl/N-ethyl adjacent to an activating group) is 1. The first kappa shape index (κ1) is 19.1. The Kier molecular flexibility index (Phi) is 6.46. The molecular formula is C20H33N5O. The molecule has 1 aromatic heterocycles. The van der Waals surface area contributed by atoms with Crippen molar-refractivity contribution in [3.63, 3.8) is 0 Å². The van der Waals surface area contributed by atoms with Gasteiger partial charge < -0.3 is 14.7 Å². The number of nitrogens with zero attached hydrogens (tertiary/aromatic N) is 5. The summed E-state index contributed by atoms with van der Waals surface area (Å²) in [4.78, 5) is 28.3. The monoisotopic (exact) mass is 359 g/mol. The molecule has 144 valence electrons.